The number of aliphatic hydroxyl groups is 1. The van der Waals surface area contributed by atoms with Crippen LogP contribution in [-0.4, -0.2) is 24.7 Å². The second kappa shape index (κ2) is 7.49. The van der Waals surface area contributed by atoms with Crippen molar-refractivity contribution in [3.63, 3.8) is 0 Å². The van der Waals surface area contributed by atoms with Crippen LogP contribution < -0.4 is 10.1 Å². The molecule has 2 aromatic carbocycles. The van der Waals surface area contributed by atoms with Gasteiger partial charge in [-0.15, -0.1) is 0 Å². The van der Waals surface area contributed by atoms with E-state index < -0.39 is 6.04 Å². The van der Waals surface area contributed by atoms with Gasteiger partial charge in [0.15, 0.2) is 0 Å². The lowest BCUT2D eigenvalue weighted by Gasteiger charge is -2.19. The van der Waals surface area contributed by atoms with E-state index in [2.05, 4.69) is 17.4 Å². The van der Waals surface area contributed by atoms with E-state index in [0.717, 1.165) is 18.4 Å². The van der Waals surface area contributed by atoms with Crippen molar-refractivity contribution in [2.24, 2.45) is 0 Å². The largest absolute Gasteiger partial charge is 0.497 e. The van der Waals surface area contributed by atoms with E-state index in [-0.39, 0.29) is 18.4 Å². The lowest BCUT2D eigenvalue weighted by Crippen LogP contribution is -2.31. The first kappa shape index (κ1) is 16.5. The van der Waals surface area contributed by atoms with Crippen molar-refractivity contribution in [2.75, 3.05) is 13.7 Å². The highest BCUT2D eigenvalue weighted by atomic mass is 16.5. The first-order valence-corrected chi connectivity index (χ1v) is 8.33. The zero-order valence-corrected chi connectivity index (χ0v) is 13.9. The number of rotatable bonds is 6. The Morgan fingerprint density at radius 1 is 1.29 bits per heavy atom. The maximum atomic E-state index is 12.5. The summed E-state index contributed by atoms with van der Waals surface area (Å²) >= 11 is 0. The van der Waals surface area contributed by atoms with Gasteiger partial charge in [0.25, 0.3) is 0 Å². The van der Waals surface area contributed by atoms with Gasteiger partial charge in [0.05, 0.1) is 19.8 Å². The van der Waals surface area contributed by atoms with Crippen LogP contribution in [-0.2, 0) is 11.2 Å². The van der Waals surface area contributed by atoms with Crippen LogP contribution in [0.15, 0.2) is 48.5 Å². The first-order chi connectivity index (χ1) is 11.7. The summed E-state index contributed by atoms with van der Waals surface area (Å²) in [6.07, 6.45) is 2.50. The van der Waals surface area contributed by atoms with Gasteiger partial charge in [-0.2, -0.15) is 0 Å². The molecule has 0 aromatic heterocycles. The van der Waals surface area contributed by atoms with Crippen molar-refractivity contribution in [3.05, 3.63) is 65.2 Å². The normalized spacial score (nSPS) is 17.2. The third-order valence-corrected chi connectivity index (χ3v) is 4.70. The van der Waals surface area contributed by atoms with Crippen LogP contribution in [0.1, 0.15) is 41.5 Å². The van der Waals surface area contributed by atoms with E-state index in [4.69, 9.17) is 4.74 Å². The first-order valence-electron chi connectivity index (χ1n) is 8.33. The standard InChI is InChI=1S/C20H23NO3/c1-24-17-7-4-6-16(11-17)19(13-22)21-20(23)12-15-10-9-14-5-2-3-8-18(14)15/h2-8,11,15,19,22H,9-10,12-13H2,1H3,(H,21,23). The van der Waals surface area contributed by atoms with Gasteiger partial charge in [0.2, 0.25) is 5.91 Å². The molecule has 1 aliphatic rings. The molecular weight excluding hydrogens is 302 g/mol. The van der Waals surface area contributed by atoms with Gasteiger partial charge in [-0.3, -0.25) is 4.79 Å². The molecule has 0 heterocycles. The molecule has 0 radical (unpaired) electrons. The third kappa shape index (κ3) is 3.60. The molecule has 4 heteroatoms. The van der Waals surface area contributed by atoms with Crippen molar-refractivity contribution in [1.82, 2.24) is 5.32 Å². The molecule has 2 atom stereocenters. The Hall–Kier alpha value is -2.33. The lowest BCUT2D eigenvalue weighted by atomic mass is 9.97. The minimum absolute atomic E-state index is 0.0291. The van der Waals surface area contributed by atoms with Crippen molar-refractivity contribution >= 4 is 5.91 Å². The van der Waals surface area contributed by atoms with Gasteiger partial charge in [-0.1, -0.05) is 36.4 Å². The number of carbonyl (C=O) groups is 1. The van der Waals surface area contributed by atoms with Crippen molar-refractivity contribution in [3.8, 4) is 5.75 Å². The van der Waals surface area contributed by atoms with E-state index >= 15 is 0 Å². The molecule has 0 fully saturated rings. The fourth-order valence-corrected chi connectivity index (χ4v) is 3.43. The molecule has 0 bridgehead atoms. The number of hydrogen-bond donors (Lipinski definition) is 2. The van der Waals surface area contributed by atoms with Gasteiger partial charge in [-0.25, -0.2) is 0 Å². The smallest absolute Gasteiger partial charge is 0.221 e. The number of aliphatic hydroxyl groups excluding tert-OH is 1. The predicted molar refractivity (Wildman–Crippen MR) is 93.1 cm³/mol. The summed E-state index contributed by atoms with van der Waals surface area (Å²) in [5.41, 5.74) is 3.48. The molecule has 0 saturated heterocycles. The molecule has 0 saturated carbocycles. The molecule has 0 aliphatic heterocycles. The number of aryl methyl sites for hydroxylation is 1. The van der Waals surface area contributed by atoms with Gasteiger partial charge in [0.1, 0.15) is 5.75 Å². The second-order valence-electron chi connectivity index (χ2n) is 6.22. The van der Waals surface area contributed by atoms with Crippen molar-refractivity contribution < 1.29 is 14.6 Å². The van der Waals surface area contributed by atoms with Crippen LogP contribution in [0.2, 0.25) is 0 Å². The summed E-state index contributed by atoms with van der Waals surface area (Å²) in [4.78, 5) is 12.5. The highest BCUT2D eigenvalue weighted by molar-refractivity contribution is 5.77. The number of methoxy groups -OCH3 is 1. The number of amides is 1. The number of ether oxygens (including phenoxy) is 1. The van der Waals surface area contributed by atoms with Crippen LogP contribution in [0, 0.1) is 0 Å². The maximum Gasteiger partial charge on any atom is 0.221 e. The average molecular weight is 325 g/mol. The van der Waals surface area contributed by atoms with Crippen LogP contribution in [0.5, 0.6) is 5.75 Å². The average Bonchev–Trinajstić information content (AvgIpc) is 3.02. The number of nitrogens with one attached hydrogen (secondary N) is 1. The zero-order chi connectivity index (χ0) is 16.9. The van der Waals surface area contributed by atoms with Gasteiger partial charge in [0, 0.05) is 6.42 Å². The van der Waals surface area contributed by atoms with Gasteiger partial charge < -0.3 is 15.2 Å². The number of carbonyl (C=O) groups excluding carboxylic acids is 1. The van der Waals surface area contributed by atoms with Crippen molar-refractivity contribution in [1.29, 1.82) is 0 Å². The summed E-state index contributed by atoms with van der Waals surface area (Å²) in [7, 11) is 1.60. The highest BCUT2D eigenvalue weighted by Gasteiger charge is 2.25. The number of hydrogen-bond acceptors (Lipinski definition) is 3. The van der Waals surface area contributed by atoms with Crippen LogP contribution in [0.3, 0.4) is 0 Å². The minimum Gasteiger partial charge on any atom is -0.497 e. The van der Waals surface area contributed by atoms with Crippen LogP contribution in [0.4, 0.5) is 0 Å². The van der Waals surface area contributed by atoms with Crippen LogP contribution >= 0.6 is 0 Å². The fraction of sp³-hybridized carbons (Fsp3) is 0.350. The Morgan fingerprint density at radius 3 is 2.92 bits per heavy atom. The Balaban J connectivity index is 1.65. The molecular formula is C20H23NO3. The maximum absolute atomic E-state index is 12.5. The number of benzene rings is 2. The van der Waals surface area contributed by atoms with E-state index in [0.29, 0.717) is 12.2 Å². The van der Waals surface area contributed by atoms with Crippen molar-refractivity contribution in [2.45, 2.75) is 31.2 Å². The molecule has 3 rings (SSSR count). The molecule has 2 aromatic rings. The fourth-order valence-electron chi connectivity index (χ4n) is 3.43. The number of fused-ring (bicyclic) bond motifs is 1. The summed E-state index contributed by atoms with van der Waals surface area (Å²) in [5, 5.41) is 12.6. The van der Waals surface area contributed by atoms with Gasteiger partial charge in [-0.05, 0) is 47.6 Å². The molecule has 24 heavy (non-hydrogen) atoms. The monoisotopic (exact) mass is 325 g/mol. The zero-order valence-electron chi connectivity index (χ0n) is 13.9. The Labute approximate surface area is 142 Å². The minimum atomic E-state index is -0.413. The summed E-state index contributed by atoms with van der Waals surface area (Å²) in [5.74, 6) is 0.953. The molecule has 2 N–H and O–H groups in total. The molecule has 1 aliphatic carbocycles. The van der Waals surface area contributed by atoms with E-state index in [1.165, 1.54) is 11.1 Å². The quantitative estimate of drug-likeness (QED) is 0.858. The molecule has 126 valence electrons. The summed E-state index contributed by atoms with van der Waals surface area (Å²) in [6, 6.07) is 15.3. The lowest BCUT2D eigenvalue weighted by molar-refractivity contribution is -0.122. The second-order valence-corrected chi connectivity index (χ2v) is 6.22. The predicted octanol–water partition coefficient (Wildman–Crippen LogP) is 2.96. The summed E-state index contributed by atoms with van der Waals surface area (Å²) < 4.78 is 5.21. The van der Waals surface area contributed by atoms with E-state index in [1.807, 2.05) is 36.4 Å². The summed E-state index contributed by atoms with van der Waals surface area (Å²) in [6.45, 7) is -0.139. The molecule has 2 unspecified atom stereocenters. The Morgan fingerprint density at radius 2 is 2.12 bits per heavy atom. The van der Waals surface area contributed by atoms with E-state index in [9.17, 15) is 9.90 Å². The third-order valence-electron chi connectivity index (χ3n) is 4.70. The SMILES string of the molecule is COc1cccc(C(CO)NC(=O)CC2CCc3ccccc32)c1. The molecule has 1 amide bonds. The van der Waals surface area contributed by atoms with Gasteiger partial charge >= 0.3 is 0 Å². The van der Waals surface area contributed by atoms with E-state index in [1.54, 1.807) is 7.11 Å². The topological polar surface area (TPSA) is 58.6 Å². The Kier molecular flexibility index (Phi) is 5.16. The Bertz CT molecular complexity index is 714. The molecule has 0 spiro atoms. The highest BCUT2D eigenvalue weighted by Crippen LogP contribution is 2.35. The molecule has 4 nitrogen and oxygen atoms in total. The van der Waals surface area contributed by atoms with Crippen LogP contribution in [0.25, 0.3) is 0 Å².